The van der Waals surface area contributed by atoms with Crippen LogP contribution in [0.15, 0.2) is 29.3 Å². The fourth-order valence-electron chi connectivity index (χ4n) is 2.32. The van der Waals surface area contributed by atoms with Gasteiger partial charge in [0.05, 0.1) is 12.3 Å². The van der Waals surface area contributed by atoms with E-state index in [-0.39, 0.29) is 11.8 Å². The lowest BCUT2D eigenvalue weighted by atomic mass is 10.1. The Labute approximate surface area is 132 Å². The summed E-state index contributed by atoms with van der Waals surface area (Å²) < 4.78 is 26.8. The molecule has 0 aromatic heterocycles. The number of nitrogens with zero attached hydrogens (tertiary/aromatic N) is 1. The van der Waals surface area contributed by atoms with Crippen molar-refractivity contribution < 1.29 is 8.42 Å². The molecule has 0 saturated heterocycles. The molecule has 7 heteroatoms. The predicted octanol–water partition coefficient (Wildman–Crippen LogP) is 0.952. The molecule has 1 aliphatic rings. The molecular formula is C15H24N4O2S. The van der Waals surface area contributed by atoms with Gasteiger partial charge in [-0.15, -0.1) is 0 Å². The molecule has 22 heavy (non-hydrogen) atoms. The molecule has 0 bridgehead atoms. The summed E-state index contributed by atoms with van der Waals surface area (Å²) in [5.74, 6) is 0.754. The molecule has 1 aromatic rings. The second kappa shape index (κ2) is 7.11. The van der Waals surface area contributed by atoms with Crippen LogP contribution in [0.1, 0.15) is 31.9 Å². The van der Waals surface area contributed by atoms with Gasteiger partial charge < -0.3 is 10.6 Å². The number of nitrogens with one attached hydrogen (secondary N) is 3. The average molecular weight is 324 g/mol. The number of aliphatic imine (C=N–C) groups is 1. The maximum Gasteiger partial charge on any atom is 0.216 e. The Morgan fingerprint density at radius 3 is 2.59 bits per heavy atom. The quantitative estimate of drug-likeness (QED) is 0.728. The average Bonchev–Trinajstić information content (AvgIpc) is 2.81. The number of hydrogen-bond acceptors (Lipinski definition) is 5. The molecule has 0 amide bonds. The number of rotatable bonds is 6. The highest BCUT2D eigenvalue weighted by Gasteiger charge is 2.16. The Balaban J connectivity index is 2.04. The molecule has 1 aliphatic heterocycles. The molecule has 3 N–H and O–H groups in total. The molecule has 1 unspecified atom stereocenters. The van der Waals surface area contributed by atoms with Crippen molar-refractivity contribution in [3.63, 3.8) is 0 Å². The third-order valence-corrected chi connectivity index (χ3v) is 4.75. The first kappa shape index (κ1) is 16.8. The standard InChI is InChI=1S/C15H24N4O2S/c1-11(2)19-22(20,21)10-14-7-5-4-6-13(14)9-17-15-16-8-12(3)18-15/h4-7,11-12,19H,8-10H2,1-3H3,(H2,16,17,18). The van der Waals surface area contributed by atoms with Gasteiger partial charge in [-0.1, -0.05) is 24.3 Å². The Morgan fingerprint density at radius 1 is 1.32 bits per heavy atom. The SMILES string of the molecule is CC(C)NS(=O)(=O)Cc1ccccc1CNC1=NCC(C)N1. The van der Waals surface area contributed by atoms with Crippen LogP contribution in [0, 0.1) is 0 Å². The van der Waals surface area contributed by atoms with E-state index in [1.54, 1.807) is 0 Å². The number of sulfonamides is 1. The van der Waals surface area contributed by atoms with E-state index in [1.807, 2.05) is 38.1 Å². The zero-order valence-corrected chi connectivity index (χ0v) is 14.1. The fourth-order valence-corrected chi connectivity index (χ4v) is 3.81. The van der Waals surface area contributed by atoms with Crippen molar-refractivity contribution in [2.45, 2.75) is 45.2 Å². The monoisotopic (exact) mass is 324 g/mol. The third kappa shape index (κ3) is 4.99. The van der Waals surface area contributed by atoms with Crippen LogP contribution < -0.4 is 15.4 Å². The summed E-state index contributed by atoms with van der Waals surface area (Å²) in [6, 6.07) is 7.80. The minimum absolute atomic E-state index is 0.0145. The first-order valence-electron chi connectivity index (χ1n) is 7.47. The molecule has 0 radical (unpaired) electrons. The fraction of sp³-hybridized carbons (Fsp3) is 0.533. The summed E-state index contributed by atoms with van der Waals surface area (Å²) in [5, 5.41) is 6.45. The van der Waals surface area contributed by atoms with E-state index in [2.05, 4.69) is 27.3 Å². The molecule has 0 aliphatic carbocycles. The lowest BCUT2D eigenvalue weighted by Gasteiger charge is -2.14. The molecule has 6 nitrogen and oxygen atoms in total. The highest BCUT2D eigenvalue weighted by Crippen LogP contribution is 2.12. The summed E-state index contributed by atoms with van der Waals surface area (Å²) >= 11 is 0. The maximum absolute atomic E-state index is 12.1. The van der Waals surface area contributed by atoms with Gasteiger partial charge >= 0.3 is 0 Å². The number of benzene rings is 1. The summed E-state index contributed by atoms with van der Waals surface area (Å²) in [7, 11) is -3.33. The van der Waals surface area contributed by atoms with E-state index in [0.29, 0.717) is 12.6 Å². The van der Waals surface area contributed by atoms with E-state index in [9.17, 15) is 8.42 Å². The van der Waals surface area contributed by atoms with E-state index in [4.69, 9.17) is 0 Å². The van der Waals surface area contributed by atoms with Crippen molar-refractivity contribution in [3.05, 3.63) is 35.4 Å². The highest BCUT2D eigenvalue weighted by molar-refractivity contribution is 7.88. The van der Waals surface area contributed by atoms with Gasteiger partial charge in [0.15, 0.2) is 5.96 Å². The van der Waals surface area contributed by atoms with Crippen LogP contribution in [0.3, 0.4) is 0 Å². The van der Waals surface area contributed by atoms with Crippen molar-refractivity contribution in [1.29, 1.82) is 0 Å². The molecule has 1 atom stereocenters. The second-order valence-corrected chi connectivity index (χ2v) is 7.64. The van der Waals surface area contributed by atoms with Gasteiger partial charge in [0.25, 0.3) is 0 Å². The van der Waals surface area contributed by atoms with Crippen LogP contribution in [0.2, 0.25) is 0 Å². The van der Waals surface area contributed by atoms with Gasteiger partial charge in [-0.25, -0.2) is 13.1 Å². The van der Waals surface area contributed by atoms with Gasteiger partial charge in [0, 0.05) is 18.6 Å². The Bertz CT molecular complexity index is 641. The predicted molar refractivity (Wildman–Crippen MR) is 89.1 cm³/mol. The van der Waals surface area contributed by atoms with Crippen molar-refractivity contribution >= 4 is 16.0 Å². The van der Waals surface area contributed by atoms with Gasteiger partial charge in [-0.3, -0.25) is 4.99 Å². The van der Waals surface area contributed by atoms with Gasteiger partial charge in [0.2, 0.25) is 10.0 Å². The molecule has 0 saturated carbocycles. The van der Waals surface area contributed by atoms with E-state index >= 15 is 0 Å². The van der Waals surface area contributed by atoms with Crippen LogP contribution in [0.25, 0.3) is 0 Å². The lowest BCUT2D eigenvalue weighted by molar-refractivity contribution is 0.568. The molecular weight excluding hydrogens is 300 g/mol. The smallest absolute Gasteiger partial charge is 0.216 e. The van der Waals surface area contributed by atoms with Gasteiger partial charge in [-0.2, -0.15) is 0 Å². The van der Waals surface area contributed by atoms with E-state index in [1.165, 1.54) is 0 Å². The second-order valence-electron chi connectivity index (χ2n) is 5.89. The molecule has 1 aromatic carbocycles. The van der Waals surface area contributed by atoms with Crippen LogP contribution in [0.5, 0.6) is 0 Å². The van der Waals surface area contributed by atoms with Crippen LogP contribution in [-0.2, 0) is 22.3 Å². The minimum atomic E-state index is -3.33. The first-order valence-corrected chi connectivity index (χ1v) is 9.12. The number of hydrogen-bond donors (Lipinski definition) is 3. The number of guanidine groups is 1. The zero-order chi connectivity index (χ0) is 16.2. The third-order valence-electron chi connectivity index (χ3n) is 3.23. The first-order chi connectivity index (χ1) is 10.4. The van der Waals surface area contributed by atoms with Crippen LogP contribution in [-0.4, -0.2) is 33.0 Å². The van der Waals surface area contributed by atoms with E-state index in [0.717, 1.165) is 23.6 Å². The lowest BCUT2D eigenvalue weighted by Crippen LogP contribution is -2.37. The summed E-state index contributed by atoms with van der Waals surface area (Å²) in [6.07, 6.45) is 0. The van der Waals surface area contributed by atoms with Crippen molar-refractivity contribution in [2.24, 2.45) is 4.99 Å². The van der Waals surface area contributed by atoms with Crippen molar-refractivity contribution in [3.8, 4) is 0 Å². The van der Waals surface area contributed by atoms with Crippen molar-refractivity contribution in [1.82, 2.24) is 15.4 Å². The zero-order valence-electron chi connectivity index (χ0n) is 13.3. The summed E-state index contributed by atoms with van der Waals surface area (Å²) in [5.41, 5.74) is 1.76. The Morgan fingerprint density at radius 2 is 2.00 bits per heavy atom. The topological polar surface area (TPSA) is 82.6 Å². The molecule has 1 heterocycles. The summed E-state index contributed by atoms with van der Waals surface area (Å²) in [4.78, 5) is 4.34. The summed E-state index contributed by atoms with van der Waals surface area (Å²) in [6.45, 7) is 7.01. The Hall–Kier alpha value is -1.60. The van der Waals surface area contributed by atoms with Gasteiger partial charge in [0.1, 0.15) is 0 Å². The maximum atomic E-state index is 12.1. The Kier molecular flexibility index (Phi) is 5.42. The van der Waals surface area contributed by atoms with Crippen molar-refractivity contribution in [2.75, 3.05) is 6.54 Å². The molecule has 0 fully saturated rings. The van der Waals surface area contributed by atoms with E-state index < -0.39 is 10.0 Å². The largest absolute Gasteiger partial charge is 0.352 e. The minimum Gasteiger partial charge on any atom is -0.352 e. The van der Waals surface area contributed by atoms with Crippen LogP contribution in [0.4, 0.5) is 0 Å². The van der Waals surface area contributed by atoms with Crippen LogP contribution >= 0.6 is 0 Å². The molecule has 2 rings (SSSR count). The molecule has 0 spiro atoms. The molecule has 122 valence electrons. The van der Waals surface area contributed by atoms with Gasteiger partial charge in [-0.05, 0) is 31.9 Å². The normalized spacial score (nSPS) is 18.2. The highest BCUT2D eigenvalue weighted by atomic mass is 32.2.